The van der Waals surface area contributed by atoms with Crippen LogP contribution in [-0.2, 0) is 9.53 Å². The number of methoxy groups -OCH3 is 1. The summed E-state index contributed by atoms with van der Waals surface area (Å²) in [5.74, 6) is -0.901. The quantitative estimate of drug-likeness (QED) is 0.567. The van der Waals surface area contributed by atoms with Crippen LogP contribution in [0.1, 0.15) is 0 Å². The Kier molecular flexibility index (Phi) is 4.16. The molecule has 0 aromatic rings. The van der Waals surface area contributed by atoms with Crippen molar-refractivity contribution in [1.82, 2.24) is 0 Å². The van der Waals surface area contributed by atoms with E-state index in [-0.39, 0.29) is 0 Å². The molecule has 0 saturated heterocycles. The zero-order chi connectivity index (χ0) is 6.57. The van der Waals surface area contributed by atoms with Crippen LogP contribution in [0.3, 0.4) is 0 Å². The van der Waals surface area contributed by atoms with Crippen LogP contribution in [0.25, 0.3) is 0 Å². The van der Waals surface area contributed by atoms with Crippen LogP contribution in [0, 0.1) is 0 Å². The number of ether oxygens (including phenoxy) is 1. The van der Waals surface area contributed by atoms with Gasteiger partial charge in [-0.05, 0) is 0 Å². The third-order valence-corrected chi connectivity index (χ3v) is 1.50. The molecule has 3 nitrogen and oxygen atoms in total. The van der Waals surface area contributed by atoms with E-state index in [2.05, 4.69) is 4.74 Å². The fourth-order valence-electron chi connectivity index (χ4n) is 0.230. The Labute approximate surface area is 61.2 Å². The molecule has 0 fully saturated rings. The van der Waals surface area contributed by atoms with Gasteiger partial charge in [0.25, 0.3) is 0 Å². The highest BCUT2D eigenvalue weighted by molar-refractivity contribution is 14.1. The molecule has 0 aromatic carbocycles. The molecule has 0 aliphatic carbocycles. The number of carboxylic acid groups (broad SMARTS) is 1. The molecule has 1 unspecified atom stereocenters. The lowest BCUT2D eigenvalue weighted by molar-refractivity contribution is -0.146. The highest BCUT2D eigenvalue weighted by Crippen LogP contribution is 1.94. The van der Waals surface area contributed by atoms with Gasteiger partial charge in [0.2, 0.25) is 0 Å². The SMILES string of the molecule is COC(CI)C(=O)O. The van der Waals surface area contributed by atoms with Crippen molar-refractivity contribution >= 4 is 28.6 Å². The van der Waals surface area contributed by atoms with E-state index in [4.69, 9.17) is 5.11 Å². The molecule has 0 aliphatic heterocycles. The van der Waals surface area contributed by atoms with E-state index in [1.807, 2.05) is 22.6 Å². The molecule has 4 heteroatoms. The van der Waals surface area contributed by atoms with Crippen molar-refractivity contribution < 1.29 is 14.6 Å². The van der Waals surface area contributed by atoms with Gasteiger partial charge in [0, 0.05) is 11.5 Å². The molecule has 48 valence electrons. The van der Waals surface area contributed by atoms with Crippen molar-refractivity contribution in [1.29, 1.82) is 0 Å². The van der Waals surface area contributed by atoms with Crippen molar-refractivity contribution in [3.05, 3.63) is 0 Å². The average Bonchev–Trinajstić information content (AvgIpc) is 1.69. The molecular weight excluding hydrogens is 223 g/mol. The summed E-state index contributed by atoms with van der Waals surface area (Å²) in [4.78, 5) is 10.0. The highest BCUT2D eigenvalue weighted by atomic mass is 127. The molecule has 0 heterocycles. The maximum atomic E-state index is 10.0. The summed E-state index contributed by atoms with van der Waals surface area (Å²) in [6.07, 6.45) is -0.643. The zero-order valence-corrected chi connectivity index (χ0v) is 6.58. The van der Waals surface area contributed by atoms with Crippen molar-refractivity contribution in [3.63, 3.8) is 0 Å². The highest BCUT2D eigenvalue weighted by Gasteiger charge is 2.12. The fourth-order valence-corrected chi connectivity index (χ4v) is 0.966. The van der Waals surface area contributed by atoms with E-state index in [1.54, 1.807) is 0 Å². The molecule has 1 N–H and O–H groups in total. The van der Waals surface area contributed by atoms with Crippen LogP contribution < -0.4 is 0 Å². The molecule has 0 aromatic heterocycles. The molecule has 0 saturated carbocycles. The first-order chi connectivity index (χ1) is 3.72. The third kappa shape index (κ3) is 2.46. The number of halogens is 1. The maximum absolute atomic E-state index is 10.0. The van der Waals surface area contributed by atoms with Gasteiger partial charge in [0.15, 0.2) is 6.10 Å². The molecule has 1 atom stereocenters. The lowest BCUT2D eigenvalue weighted by atomic mass is 10.4. The minimum atomic E-state index is -0.901. The number of carbonyl (C=O) groups is 1. The predicted molar refractivity (Wildman–Crippen MR) is 37.3 cm³/mol. The normalized spacial score (nSPS) is 13.2. The first-order valence-corrected chi connectivity index (χ1v) is 3.56. The minimum Gasteiger partial charge on any atom is -0.479 e. The van der Waals surface area contributed by atoms with Crippen LogP contribution in [0.2, 0.25) is 0 Å². The zero-order valence-electron chi connectivity index (χ0n) is 4.43. The standard InChI is InChI=1S/C4H7IO3/c1-8-3(2-5)4(6)7/h3H,2H2,1H3,(H,6,7). The summed E-state index contributed by atoms with van der Waals surface area (Å²) < 4.78 is 5.04. The summed E-state index contributed by atoms with van der Waals surface area (Å²) in [5, 5.41) is 8.24. The van der Waals surface area contributed by atoms with Gasteiger partial charge in [0.05, 0.1) is 0 Å². The third-order valence-electron chi connectivity index (χ3n) is 0.700. The van der Waals surface area contributed by atoms with E-state index in [1.165, 1.54) is 7.11 Å². The monoisotopic (exact) mass is 230 g/mol. The largest absolute Gasteiger partial charge is 0.479 e. The molecule has 0 rings (SSSR count). The predicted octanol–water partition coefficient (Wildman–Crippen LogP) is 0.521. The van der Waals surface area contributed by atoms with Gasteiger partial charge in [-0.1, -0.05) is 22.6 Å². The molecular formula is C4H7IO3. The molecule has 8 heavy (non-hydrogen) atoms. The Balaban J connectivity index is 3.52. The lowest BCUT2D eigenvalue weighted by Crippen LogP contribution is -2.23. The molecule has 0 spiro atoms. The van der Waals surface area contributed by atoms with Gasteiger partial charge in [-0.25, -0.2) is 4.79 Å². The van der Waals surface area contributed by atoms with Gasteiger partial charge in [-0.15, -0.1) is 0 Å². The molecule has 0 bridgehead atoms. The number of alkyl halides is 1. The smallest absolute Gasteiger partial charge is 0.333 e. The van der Waals surface area contributed by atoms with E-state index >= 15 is 0 Å². The summed E-state index contributed by atoms with van der Waals surface area (Å²) in [5.41, 5.74) is 0. The summed E-state index contributed by atoms with van der Waals surface area (Å²) in [7, 11) is 1.39. The van der Waals surface area contributed by atoms with Gasteiger partial charge < -0.3 is 9.84 Å². The van der Waals surface area contributed by atoms with E-state index in [0.717, 1.165) is 0 Å². The van der Waals surface area contributed by atoms with Crippen LogP contribution >= 0.6 is 22.6 Å². The first-order valence-electron chi connectivity index (χ1n) is 2.04. The second-order valence-electron chi connectivity index (χ2n) is 1.22. The van der Waals surface area contributed by atoms with Crippen LogP contribution in [0.4, 0.5) is 0 Å². The maximum Gasteiger partial charge on any atom is 0.333 e. The van der Waals surface area contributed by atoms with Gasteiger partial charge in [-0.2, -0.15) is 0 Å². The topological polar surface area (TPSA) is 46.5 Å². The van der Waals surface area contributed by atoms with Crippen molar-refractivity contribution in [2.75, 3.05) is 11.5 Å². The Bertz CT molecular complexity index is 79.4. The van der Waals surface area contributed by atoms with E-state index < -0.39 is 12.1 Å². The van der Waals surface area contributed by atoms with Crippen molar-refractivity contribution in [3.8, 4) is 0 Å². The van der Waals surface area contributed by atoms with Crippen molar-refractivity contribution in [2.24, 2.45) is 0 Å². The lowest BCUT2D eigenvalue weighted by Gasteiger charge is -2.03. The second-order valence-corrected chi connectivity index (χ2v) is 2.10. The Morgan fingerprint density at radius 3 is 2.50 bits per heavy atom. The van der Waals surface area contributed by atoms with Crippen LogP contribution in [-0.4, -0.2) is 28.7 Å². The number of hydrogen-bond acceptors (Lipinski definition) is 2. The Morgan fingerprint density at radius 1 is 2.00 bits per heavy atom. The minimum absolute atomic E-state index is 0.490. The van der Waals surface area contributed by atoms with Crippen molar-refractivity contribution in [2.45, 2.75) is 6.10 Å². The summed E-state index contributed by atoms with van der Waals surface area (Å²) >= 11 is 1.96. The number of aliphatic carboxylic acids is 1. The molecule has 0 aliphatic rings. The summed E-state index contributed by atoms with van der Waals surface area (Å²) in [6, 6.07) is 0. The first kappa shape index (κ1) is 8.16. The second kappa shape index (κ2) is 4.08. The van der Waals surface area contributed by atoms with E-state index in [9.17, 15) is 4.79 Å². The summed E-state index contributed by atoms with van der Waals surface area (Å²) in [6.45, 7) is 0. The van der Waals surface area contributed by atoms with Gasteiger partial charge in [0.1, 0.15) is 0 Å². The van der Waals surface area contributed by atoms with Crippen LogP contribution in [0.15, 0.2) is 0 Å². The molecule has 0 amide bonds. The van der Waals surface area contributed by atoms with Gasteiger partial charge in [-0.3, -0.25) is 0 Å². The van der Waals surface area contributed by atoms with Crippen LogP contribution in [0.5, 0.6) is 0 Å². The molecule has 0 radical (unpaired) electrons. The number of hydrogen-bond donors (Lipinski definition) is 1. The Morgan fingerprint density at radius 2 is 2.50 bits per heavy atom. The number of rotatable bonds is 3. The average molecular weight is 230 g/mol. The number of carboxylic acids is 1. The van der Waals surface area contributed by atoms with E-state index in [0.29, 0.717) is 4.43 Å². The fraction of sp³-hybridized carbons (Fsp3) is 0.750. The Hall–Kier alpha value is 0.160. The van der Waals surface area contributed by atoms with Gasteiger partial charge >= 0.3 is 5.97 Å².